The van der Waals surface area contributed by atoms with Gasteiger partial charge < -0.3 is 15.5 Å². The van der Waals surface area contributed by atoms with E-state index in [-0.39, 0.29) is 17.9 Å². The second kappa shape index (κ2) is 7.53. The van der Waals surface area contributed by atoms with Crippen molar-refractivity contribution in [2.75, 3.05) is 26.2 Å². The lowest BCUT2D eigenvalue weighted by Crippen LogP contribution is -2.57. The number of benzene rings is 1. The van der Waals surface area contributed by atoms with E-state index in [1.165, 1.54) is 0 Å². The van der Waals surface area contributed by atoms with E-state index in [0.29, 0.717) is 42.6 Å². The Bertz CT molecular complexity index is 622. The summed E-state index contributed by atoms with van der Waals surface area (Å²) < 4.78 is 0. The molecule has 2 atom stereocenters. The van der Waals surface area contributed by atoms with Gasteiger partial charge in [0.25, 0.3) is 5.91 Å². The Morgan fingerprint density at radius 1 is 1.33 bits per heavy atom. The van der Waals surface area contributed by atoms with Gasteiger partial charge in [0.05, 0.1) is 0 Å². The molecule has 0 unspecified atom stereocenters. The number of hydrogen-bond acceptors (Lipinski definition) is 3. The lowest BCUT2D eigenvalue weighted by molar-refractivity contribution is -0.140. The van der Waals surface area contributed by atoms with Crippen LogP contribution in [0.3, 0.4) is 0 Å². The van der Waals surface area contributed by atoms with Crippen LogP contribution in [0.25, 0.3) is 0 Å². The van der Waals surface area contributed by atoms with E-state index in [1.54, 1.807) is 24.3 Å². The Balaban J connectivity index is 1.68. The van der Waals surface area contributed by atoms with E-state index >= 15 is 0 Å². The highest BCUT2D eigenvalue weighted by atomic mass is 35.5. The highest BCUT2D eigenvalue weighted by molar-refractivity contribution is 6.30. The first kappa shape index (κ1) is 17.2. The third-order valence-corrected chi connectivity index (χ3v) is 5.34. The minimum Gasteiger partial charge on any atom is -0.339 e. The fourth-order valence-electron chi connectivity index (χ4n) is 3.89. The van der Waals surface area contributed by atoms with Crippen LogP contribution in [-0.2, 0) is 4.79 Å². The smallest absolute Gasteiger partial charge is 0.253 e. The summed E-state index contributed by atoms with van der Waals surface area (Å²) in [5.74, 6) is 0.623. The zero-order chi connectivity index (χ0) is 17.1. The fourth-order valence-corrected chi connectivity index (χ4v) is 4.08. The third-order valence-electron chi connectivity index (χ3n) is 5.11. The van der Waals surface area contributed by atoms with Crippen molar-refractivity contribution in [1.82, 2.24) is 9.80 Å². The number of nitrogens with zero attached hydrogens (tertiary/aromatic N) is 2. The van der Waals surface area contributed by atoms with Crippen LogP contribution in [-0.4, -0.2) is 53.8 Å². The van der Waals surface area contributed by atoms with Crippen molar-refractivity contribution in [3.05, 3.63) is 34.9 Å². The summed E-state index contributed by atoms with van der Waals surface area (Å²) in [5, 5.41) is 0.576. The van der Waals surface area contributed by atoms with E-state index in [0.717, 1.165) is 25.8 Å². The van der Waals surface area contributed by atoms with E-state index < -0.39 is 0 Å². The number of fused-ring (bicyclic) bond motifs is 1. The van der Waals surface area contributed by atoms with Crippen molar-refractivity contribution in [1.29, 1.82) is 0 Å². The molecule has 24 heavy (non-hydrogen) atoms. The number of likely N-dealkylation sites (tertiary alicyclic amines) is 2. The van der Waals surface area contributed by atoms with Crippen molar-refractivity contribution in [2.45, 2.75) is 31.7 Å². The van der Waals surface area contributed by atoms with Crippen molar-refractivity contribution in [3.8, 4) is 0 Å². The largest absolute Gasteiger partial charge is 0.339 e. The van der Waals surface area contributed by atoms with Gasteiger partial charge in [-0.2, -0.15) is 0 Å². The summed E-state index contributed by atoms with van der Waals surface area (Å²) in [7, 11) is 0. The Morgan fingerprint density at radius 3 is 2.92 bits per heavy atom. The van der Waals surface area contributed by atoms with Gasteiger partial charge in [0.15, 0.2) is 0 Å². The molecule has 0 aliphatic carbocycles. The summed E-state index contributed by atoms with van der Waals surface area (Å²) in [6, 6.07) is 7.34. The summed E-state index contributed by atoms with van der Waals surface area (Å²) in [4.78, 5) is 28.8. The van der Waals surface area contributed by atoms with Gasteiger partial charge in [-0.3, -0.25) is 9.59 Å². The molecule has 0 spiro atoms. The summed E-state index contributed by atoms with van der Waals surface area (Å²) in [6.45, 7) is 2.72. The van der Waals surface area contributed by atoms with Gasteiger partial charge in [0, 0.05) is 42.7 Å². The van der Waals surface area contributed by atoms with Gasteiger partial charge >= 0.3 is 0 Å². The van der Waals surface area contributed by atoms with Crippen molar-refractivity contribution in [2.24, 2.45) is 11.7 Å². The molecule has 2 N–H and O–H groups in total. The average molecular weight is 350 g/mol. The van der Waals surface area contributed by atoms with Crippen LogP contribution in [0, 0.1) is 5.92 Å². The van der Waals surface area contributed by atoms with Crippen LogP contribution in [0.15, 0.2) is 24.3 Å². The van der Waals surface area contributed by atoms with E-state index in [9.17, 15) is 9.59 Å². The normalized spacial score (nSPS) is 24.0. The maximum atomic E-state index is 12.7. The Kier molecular flexibility index (Phi) is 5.41. The van der Waals surface area contributed by atoms with Crippen molar-refractivity contribution < 1.29 is 9.59 Å². The molecule has 130 valence electrons. The summed E-state index contributed by atoms with van der Waals surface area (Å²) >= 11 is 6.00. The number of hydrogen-bond donors (Lipinski definition) is 1. The maximum absolute atomic E-state index is 12.7. The monoisotopic (exact) mass is 349 g/mol. The van der Waals surface area contributed by atoms with Gasteiger partial charge in [-0.15, -0.1) is 0 Å². The third kappa shape index (κ3) is 3.57. The summed E-state index contributed by atoms with van der Waals surface area (Å²) in [6.07, 6.45) is 3.11. The van der Waals surface area contributed by atoms with Gasteiger partial charge in [-0.1, -0.05) is 17.7 Å². The SMILES string of the molecule is NCCCN1C(=O)CC[C@H]2CN(C(=O)c3cccc(Cl)c3)CC[C@H]21. The summed E-state index contributed by atoms with van der Waals surface area (Å²) in [5.41, 5.74) is 6.23. The van der Waals surface area contributed by atoms with Gasteiger partial charge in [-0.05, 0) is 49.9 Å². The van der Waals surface area contributed by atoms with Crippen LogP contribution < -0.4 is 5.73 Å². The van der Waals surface area contributed by atoms with E-state index in [4.69, 9.17) is 17.3 Å². The number of nitrogens with two attached hydrogens (primary N) is 1. The Hall–Kier alpha value is -1.59. The molecule has 0 radical (unpaired) electrons. The topological polar surface area (TPSA) is 66.6 Å². The highest BCUT2D eigenvalue weighted by Gasteiger charge is 2.40. The molecule has 2 saturated heterocycles. The lowest BCUT2D eigenvalue weighted by atomic mass is 9.83. The van der Waals surface area contributed by atoms with Crippen LogP contribution in [0.1, 0.15) is 36.0 Å². The molecule has 0 aromatic heterocycles. The molecule has 1 aromatic rings. The molecule has 3 rings (SSSR count). The quantitative estimate of drug-likeness (QED) is 0.905. The maximum Gasteiger partial charge on any atom is 0.253 e. The molecule has 2 aliphatic heterocycles. The highest BCUT2D eigenvalue weighted by Crippen LogP contribution is 2.32. The van der Waals surface area contributed by atoms with Crippen molar-refractivity contribution in [3.63, 3.8) is 0 Å². The van der Waals surface area contributed by atoms with Gasteiger partial charge in [-0.25, -0.2) is 0 Å². The number of amides is 2. The zero-order valence-corrected chi connectivity index (χ0v) is 14.5. The first-order chi connectivity index (χ1) is 11.6. The molecule has 1 aromatic carbocycles. The fraction of sp³-hybridized carbons (Fsp3) is 0.556. The Morgan fingerprint density at radius 2 is 2.17 bits per heavy atom. The molecule has 2 heterocycles. The van der Waals surface area contributed by atoms with Crippen LogP contribution in [0.4, 0.5) is 0 Å². The second-order valence-electron chi connectivity index (χ2n) is 6.65. The van der Waals surface area contributed by atoms with Crippen LogP contribution >= 0.6 is 11.6 Å². The first-order valence-electron chi connectivity index (χ1n) is 8.64. The molecule has 6 heteroatoms. The molecule has 2 aliphatic rings. The molecule has 0 bridgehead atoms. The van der Waals surface area contributed by atoms with Crippen LogP contribution in [0.2, 0.25) is 5.02 Å². The number of carbonyl (C=O) groups excluding carboxylic acids is 2. The molecule has 5 nitrogen and oxygen atoms in total. The van der Waals surface area contributed by atoms with Crippen LogP contribution in [0.5, 0.6) is 0 Å². The predicted molar refractivity (Wildman–Crippen MR) is 93.9 cm³/mol. The molecular weight excluding hydrogens is 326 g/mol. The van der Waals surface area contributed by atoms with Crippen molar-refractivity contribution >= 4 is 23.4 Å². The standard InChI is InChI=1S/C18H24ClN3O2/c19-15-4-1-3-13(11-15)18(24)21-10-7-16-14(12-21)5-6-17(23)22(16)9-2-8-20/h1,3-4,11,14,16H,2,5-10,12,20H2/t14-,16+/m0/s1. The van der Waals surface area contributed by atoms with E-state index in [1.807, 2.05) is 9.80 Å². The average Bonchev–Trinajstić information content (AvgIpc) is 2.60. The molecular formula is C18H24ClN3O2. The molecule has 2 fully saturated rings. The molecule has 0 saturated carbocycles. The Labute approximate surface area is 147 Å². The predicted octanol–water partition coefficient (Wildman–Crippen LogP) is 2.14. The molecule has 2 amide bonds. The lowest BCUT2D eigenvalue weighted by Gasteiger charge is -2.47. The van der Waals surface area contributed by atoms with E-state index in [2.05, 4.69) is 0 Å². The number of carbonyl (C=O) groups is 2. The van der Waals surface area contributed by atoms with Gasteiger partial charge in [0.1, 0.15) is 0 Å². The number of halogens is 1. The minimum atomic E-state index is 0.0290. The number of piperidine rings is 2. The zero-order valence-electron chi connectivity index (χ0n) is 13.8. The second-order valence-corrected chi connectivity index (χ2v) is 7.08. The van der Waals surface area contributed by atoms with Gasteiger partial charge in [0.2, 0.25) is 5.91 Å². The minimum absolute atomic E-state index is 0.0290. The number of rotatable bonds is 4. The first-order valence-corrected chi connectivity index (χ1v) is 9.02.